The molecule has 0 spiro atoms. The average Bonchev–Trinajstić information content (AvgIpc) is 3.57. The number of anilines is 3. The van der Waals surface area contributed by atoms with Crippen LogP contribution < -0.4 is 9.80 Å². The number of aliphatic carboxylic acids is 1. The van der Waals surface area contributed by atoms with E-state index < -0.39 is 5.97 Å². The number of hydrogen-bond acceptors (Lipinski definition) is 4. The fourth-order valence-electron chi connectivity index (χ4n) is 7.07. The second-order valence-electron chi connectivity index (χ2n) is 11.5. The summed E-state index contributed by atoms with van der Waals surface area (Å²) >= 11 is 0. The molecule has 0 saturated heterocycles. The third-order valence-electron chi connectivity index (χ3n) is 8.94. The molecule has 1 fully saturated rings. The van der Waals surface area contributed by atoms with Crippen LogP contribution in [0.25, 0.3) is 6.08 Å². The normalized spacial score (nSPS) is 23.1. The molecule has 1 aliphatic carbocycles. The van der Waals surface area contributed by atoms with Crippen molar-refractivity contribution >= 4 is 29.1 Å². The summed E-state index contributed by atoms with van der Waals surface area (Å²) in [5.74, 6) is -0.231. The van der Waals surface area contributed by atoms with Gasteiger partial charge >= 0.3 is 5.97 Å². The maximum atomic E-state index is 11.4. The molecule has 2 heterocycles. The van der Waals surface area contributed by atoms with Gasteiger partial charge in [-0.05, 0) is 65.4 Å². The molecule has 3 atom stereocenters. The first-order valence-electron chi connectivity index (χ1n) is 13.8. The Balaban J connectivity index is 1.32. The number of rotatable bonds is 7. The zero-order valence-corrected chi connectivity index (χ0v) is 22.2. The molecule has 38 heavy (non-hydrogen) atoms. The van der Waals surface area contributed by atoms with Gasteiger partial charge in [0.1, 0.15) is 0 Å². The highest BCUT2D eigenvalue weighted by Gasteiger charge is 2.44. The molecule has 3 aromatic carbocycles. The van der Waals surface area contributed by atoms with Crippen LogP contribution in [0.2, 0.25) is 0 Å². The van der Waals surface area contributed by atoms with E-state index in [2.05, 4.69) is 84.3 Å². The van der Waals surface area contributed by atoms with Gasteiger partial charge in [-0.25, -0.2) is 0 Å². The summed E-state index contributed by atoms with van der Waals surface area (Å²) in [7, 11) is 0. The van der Waals surface area contributed by atoms with Gasteiger partial charge in [0.25, 0.3) is 0 Å². The summed E-state index contributed by atoms with van der Waals surface area (Å²) in [4.78, 5) is 16.2. The highest BCUT2D eigenvalue weighted by atomic mass is 16.4. The molecule has 196 valence electrons. The lowest BCUT2D eigenvalue weighted by atomic mass is 9.80. The van der Waals surface area contributed by atoms with Gasteiger partial charge in [0, 0.05) is 41.0 Å². The lowest BCUT2D eigenvalue weighted by molar-refractivity contribution is -0.136. The molecule has 0 bridgehead atoms. The first-order chi connectivity index (χ1) is 18.4. The fraction of sp³-hybridized carbons (Fsp3) is 0.364. The molecule has 2 N–H and O–H groups in total. The lowest BCUT2D eigenvalue weighted by Crippen LogP contribution is -2.41. The van der Waals surface area contributed by atoms with E-state index >= 15 is 0 Å². The SMILES string of the molecule is CC1(C)c2ccccc2N(CCC(=O)O)C1/C=C/c1ccc2c(c1)C1CCCC1N2c1ccc(CO)cc1. The van der Waals surface area contributed by atoms with Gasteiger partial charge in [0.05, 0.1) is 19.1 Å². The largest absolute Gasteiger partial charge is 0.481 e. The Morgan fingerprint density at radius 3 is 2.58 bits per heavy atom. The van der Waals surface area contributed by atoms with Crippen LogP contribution in [0, 0.1) is 0 Å². The van der Waals surface area contributed by atoms with Crippen LogP contribution in [-0.4, -0.2) is 34.8 Å². The van der Waals surface area contributed by atoms with E-state index in [-0.39, 0.29) is 24.5 Å². The van der Waals surface area contributed by atoms with Crippen LogP contribution >= 0.6 is 0 Å². The Morgan fingerprint density at radius 2 is 1.82 bits per heavy atom. The van der Waals surface area contributed by atoms with Gasteiger partial charge in [-0.3, -0.25) is 4.79 Å². The number of carbonyl (C=O) groups is 1. The molecular weight excluding hydrogens is 472 g/mol. The quantitative estimate of drug-likeness (QED) is 0.375. The predicted octanol–water partition coefficient (Wildman–Crippen LogP) is 6.62. The van der Waals surface area contributed by atoms with Crippen molar-refractivity contribution in [3.63, 3.8) is 0 Å². The highest BCUT2D eigenvalue weighted by Crippen LogP contribution is 2.52. The van der Waals surface area contributed by atoms with Crippen molar-refractivity contribution in [2.24, 2.45) is 0 Å². The third kappa shape index (κ3) is 4.10. The van der Waals surface area contributed by atoms with Gasteiger partial charge < -0.3 is 20.0 Å². The minimum Gasteiger partial charge on any atom is -0.481 e. The van der Waals surface area contributed by atoms with Crippen molar-refractivity contribution < 1.29 is 15.0 Å². The summed E-state index contributed by atoms with van der Waals surface area (Å²) < 4.78 is 0. The van der Waals surface area contributed by atoms with E-state index in [4.69, 9.17) is 0 Å². The number of hydrogen-bond donors (Lipinski definition) is 2. The maximum Gasteiger partial charge on any atom is 0.305 e. The van der Waals surface area contributed by atoms with Crippen molar-refractivity contribution in [2.45, 2.75) is 69.6 Å². The molecule has 3 aromatic rings. The second-order valence-corrected chi connectivity index (χ2v) is 11.5. The molecule has 3 aliphatic rings. The molecule has 0 aromatic heterocycles. The van der Waals surface area contributed by atoms with E-state index in [0.29, 0.717) is 18.5 Å². The molecule has 5 nitrogen and oxygen atoms in total. The van der Waals surface area contributed by atoms with Crippen molar-refractivity contribution in [1.82, 2.24) is 0 Å². The van der Waals surface area contributed by atoms with Crippen LogP contribution in [0.15, 0.2) is 72.8 Å². The van der Waals surface area contributed by atoms with Gasteiger partial charge in [0.2, 0.25) is 0 Å². The van der Waals surface area contributed by atoms with Gasteiger partial charge in [0.15, 0.2) is 0 Å². The zero-order chi connectivity index (χ0) is 26.4. The Kier molecular flexibility index (Phi) is 6.27. The van der Waals surface area contributed by atoms with E-state index in [9.17, 15) is 15.0 Å². The first-order valence-corrected chi connectivity index (χ1v) is 13.8. The molecule has 0 radical (unpaired) electrons. The fourth-order valence-corrected chi connectivity index (χ4v) is 7.07. The molecule has 2 aliphatic heterocycles. The minimum absolute atomic E-state index is 0.0647. The Bertz CT molecular complexity index is 1380. The molecule has 3 unspecified atom stereocenters. The smallest absolute Gasteiger partial charge is 0.305 e. The van der Waals surface area contributed by atoms with Crippen LogP contribution in [-0.2, 0) is 16.8 Å². The molecule has 6 rings (SSSR count). The van der Waals surface area contributed by atoms with Crippen LogP contribution in [0.5, 0.6) is 0 Å². The first kappa shape index (κ1) is 24.7. The predicted molar refractivity (Wildman–Crippen MR) is 153 cm³/mol. The number of nitrogens with zero attached hydrogens (tertiary/aromatic N) is 2. The van der Waals surface area contributed by atoms with Crippen molar-refractivity contribution in [2.75, 3.05) is 16.3 Å². The molecule has 1 saturated carbocycles. The van der Waals surface area contributed by atoms with E-state index in [0.717, 1.165) is 11.3 Å². The van der Waals surface area contributed by atoms with Crippen LogP contribution in [0.1, 0.15) is 67.7 Å². The number of aliphatic hydroxyl groups excluding tert-OH is 1. The Labute approximate surface area is 225 Å². The van der Waals surface area contributed by atoms with E-state index in [1.165, 1.54) is 47.3 Å². The van der Waals surface area contributed by atoms with Crippen LogP contribution in [0.3, 0.4) is 0 Å². The summed E-state index contributed by atoms with van der Waals surface area (Å²) in [6.45, 7) is 5.07. The number of carboxylic acid groups (broad SMARTS) is 1. The Hall–Kier alpha value is -3.57. The number of fused-ring (bicyclic) bond motifs is 4. The average molecular weight is 509 g/mol. The van der Waals surface area contributed by atoms with Crippen molar-refractivity contribution in [3.05, 3.63) is 95.1 Å². The second kappa shape index (κ2) is 9.63. The highest BCUT2D eigenvalue weighted by molar-refractivity contribution is 5.76. The summed E-state index contributed by atoms with van der Waals surface area (Å²) in [5.41, 5.74) is 8.33. The topological polar surface area (TPSA) is 64.0 Å². The van der Waals surface area contributed by atoms with Crippen molar-refractivity contribution in [1.29, 1.82) is 0 Å². The summed E-state index contributed by atoms with van der Waals surface area (Å²) in [6.07, 6.45) is 8.27. The summed E-state index contributed by atoms with van der Waals surface area (Å²) in [6, 6.07) is 24.1. The standard InChI is InChI=1S/C33H36N2O3/c1-33(2)27-7-3-4-8-30(27)34(19-18-32(37)38)31(33)17-13-22-12-16-29-26(20-22)25-6-5-9-28(25)35(29)24-14-10-23(21-36)11-15-24/h3-4,7-8,10-17,20,25,28,31,36H,5-6,9,18-19,21H2,1-2H3,(H,37,38)/b17-13+. The number of aliphatic hydroxyl groups is 1. The van der Waals surface area contributed by atoms with Gasteiger partial charge in [-0.15, -0.1) is 0 Å². The van der Waals surface area contributed by atoms with Crippen LogP contribution in [0.4, 0.5) is 17.1 Å². The molecule has 0 amide bonds. The minimum atomic E-state index is -0.768. The van der Waals surface area contributed by atoms with Crippen molar-refractivity contribution in [3.8, 4) is 0 Å². The maximum absolute atomic E-state index is 11.4. The van der Waals surface area contributed by atoms with Gasteiger partial charge in [-0.2, -0.15) is 0 Å². The lowest BCUT2D eigenvalue weighted by Gasteiger charge is -2.32. The summed E-state index contributed by atoms with van der Waals surface area (Å²) in [5, 5.41) is 18.8. The Morgan fingerprint density at radius 1 is 1.03 bits per heavy atom. The van der Waals surface area contributed by atoms with E-state index in [1.54, 1.807) is 0 Å². The monoisotopic (exact) mass is 508 g/mol. The zero-order valence-electron chi connectivity index (χ0n) is 22.2. The number of carboxylic acids is 1. The molecular formula is C33H36N2O3. The number of benzene rings is 3. The number of para-hydroxylation sites is 1. The van der Waals surface area contributed by atoms with E-state index in [1.807, 2.05) is 18.2 Å². The third-order valence-corrected chi connectivity index (χ3v) is 8.94. The van der Waals surface area contributed by atoms with Gasteiger partial charge in [-0.1, -0.05) is 68.8 Å². The molecule has 5 heteroatoms.